The molecule has 0 aliphatic carbocycles. The number of nitrogens with zero attached hydrogens (tertiary/aromatic N) is 2. The lowest BCUT2D eigenvalue weighted by Gasteiger charge is -2.15. The smallest absolute Gasteiger partial charge is 0.287 e. The third kappa shape index (κ3) is 3.26. The fourth-order valence-corrected chi connectivity index (χ4v) is 1.47. The summed E-state index contributed by atoms with van der Waals surface area (Å²) in [5.74, 6) is 0.329. The molecule has 0 aliphatic heterocycles. The SMILES string of the molecule is CC(C)C(N)Cc1ccc([N+](=O)[O-])c(C#N)c1. The number of nitro benzene ring substituents is 1. The second-order valence-corrected chi connectivity index (χ2v) is 4.33. The van der Waals surface area contributed by atoms with Gasteiger partial charge in [-0.25, -0.2) is 0 Å². The Bertz CT molecular complexity index is 463. The summed E-state index contributed by atoms with van der Waals surface area (Å²) in [6.07, 6.45) is 0.615. The van der Waals surface area contributed by atoms with Crippen LogP contribution in [0.1, 0.15) is 25.0 Å². The Kier molecular flexibility index (Phi) is 4.18. The van der Waals surface area contributed by atoms with E-state index in [2.05, 4.69) is 0 Å². The van der Waals surface area contributed by atoms with Crippen molar-refractivity contribution < 1.29 is 4.92 Å². The number of benzene rings is 1. The molecule has 1 rings (SSSR count). The van der Waals surface area contributed by atoms with E-state index in [9.17, 15) is 10.1 Å². The fraction of sp³-hybridized carbons (Fsp3) is 0.417. The monoisotopic (exact) mass is 233 g/mol. The lowest BCUT2D eigenvalue weighted by Crippen LogP contribution is -2.28. The molecule has 5 heteroatoms. The first kappa shape index (κ1) is 13.1. The predicted molar refractivity (Wildman–Crippen MR) is 64.3 cm³/mol. The summed E-state index contributed by atoms with van der Waals surface area (Å²) < 4.78 is 0. The summed E-state index contributed by atoms with van der Waals surface area (Å²) in [6.45, 7) is 4.03. The van der Waals surface area contributed by atoms with Gasteiger partial charge in [0.25, 0.3) is 5.69 Å². The Labute approximate surface area is 100 Å². The average molecular weight is 233 g/mol. The van der Waals surface area contributed by atoms with Gasteiger partial charge in [-0.15, -0.1) is 0 Å². The molecule has 0 bridgehead atoms. The highest BCUT2D eigenvalue weighted by molar-refractivity contribution is 5.50. The Balaban J connectivity index is 2.99. The van der Waals surface area contributed by atoms with Gasteiger partial charge in [-0.3, -0.25) is 10.1 Å². The maximum absolute atomic E-state index is 10.7. The summed E-state index contributed by atoms with van der Waals surface area (Å²) in [6, 6.07) is 6.38. The predicted octanol–water partition coefficient (Wildman–Crippen LogP) is 1.99. The van der Waals surface area contributed by atoms with Crippen LogP contribution in [0.25, 0.3) is 0 Å². The van der Waals surface area contributed by atoms with Crippen LogP contribution in [0.5, 0.6) is 0 Å². The van der Waals surface area contributed by atoms with E-state index >= 15 is 0 Å². The minimum absolute atomic E-state index is 0.0111. The molecule has 90 valence electrons. The van der Waals surface area contributed by atoms with Crippen molar-refractivity contribution in [2.45, 2.75) is 26.3 Å². The molecular weight excluding hydrogens is 218 g/mol. The number of nitriles is 1. The van der Waals surface area contributed by atoms with Gasteiger partial charge in [-0.2, -0.15) is 5.26 Å². The van der Waals surface area contributed by atoms with E-state index in [0.29, 0.717) is 12.3 Å². The molecule has 1 aromatic rings. The molecule has 0 radical (unpaired) electrons. The first-order chi connectivity index (χ1) is 7.95. The fourth-order valence-electron chi connectivity index (χ4n) is 1.47. The zero-order valence-electron chi connectivity index (χ0n) is 9.88. The van der Waals surface area contributed by atoms with Gasteiger partial charge in [0.15, 0.2) is 0 Å². The molecule has 5 nitrogen and oxygen atoms in total. The molecule has 1 aromatic carbocycles. The lowest BCUT2D eigenvalue weighted by molar-refractivity contribution is -0.385. The third-order valence-corrected chi connectivity index (χ3v) is 2.71. The molecule has 17 heavy (non-hydrogen) atoms. The number of nitro groups is 1. The number of nitrogens with two attached hydrogens (primary N) is 1. The van der Waals surface area contributed by atoms with Gasteiger partial charge < -0.3 is 5.73 Å². The molecule has 2 N–H and O–H groups in total. The van der Waals surface area contributed by atoms with E-state index in [1.165, 1.54) is 6.07 Å². The summed E-state index contributed by atoms with van der Waals surface area (Å²) in [5, 5.41) is 19.5. The van der Waals surface area contributed by atoms with Crippen molar-refractivity contribution in [2.75, 3.05) is 0 Å². The Morgan fingerprint density at radius 2 is 2.18 bits per heavy atom. The van der Waals surface area contributed by atoms with Crippen molar-refractivity contribution in [3.8, 4) is 6.07 Å². The van der Waals surface area contributed by atoms with Crippen LogP contribution in [0.15, 0.2) is 18.2 Å². The van der Waals surface area contributed by atoms with Gasteiger partial charge in [-0.1, -0.05) is 19.9 Å². The summed E-state index contributed by atoms with van der Waals surface area (Å²) in [5.41, 5.74) is 6.70. The standard InChI is InChI=1S/C12H15N3O2/c1-8(2)11(14)6-9-3-4-12(15(16)17)10(5-9)7-13/h3-5,8,11H,6,14H2,1-2H3. The molecular formula is C12H15N3O2. The second kappa shape index (κ2) is 5.41. The van der Waals surface area contributed by atoms with Gasteiger partial charge in [0, 0.05) is 12.1 Å². The highest BCUT2D eigenvalue weighted by Crippen LogP contribution is 2.20. The minimum Gasteiger partial charge on any atom is -0.327 e. The molecule has 1 atom stereocenters. The van der Waals surface area contributed by atoms with Crippen LogP contribution in [0, 0.1) is 27.4 Å². The van der Waals surface area contributed by atoms with Crippen LogP contribution in [0.4, 0.5) is 5.69 Å². The van der Waals surface area contributed by atoms with Crippen molar-refractivity contribution in [1.29, 1.82) is 5.26 Å². The van der Waals surface area contributed by atoms with E-state index in [0.717, 1.165) is 5.56 Å². The Hall–Kier alpha value is -1.93. The van der Waals surface area contributed by atoms with E-state index in [1.807, 2.05) is 19.9 Å². The summed E-state index contributed by atoms with van der Waals surface area (Å²) in [7, 11) is 0. The van der Waals surface area contributed by atoms with Crippen molar-refractivity contribution in [3.05, 3.63) is 39.4 Å². The number of rotatable bonds is 4. The average Bonchev–Trinajstić information content (AvgIpc) is 2.28. The van der Waals surface area contributed by atoms with Crippen molar-refractivity contribution >= 4 is 5.69 Å². The largest absolute Gasteiger partial charge is 0.327 e. The first-order valence-electron chi connectivity index (χ1n) is 5.38. The van der Waals surface area contributed by atoms with Crippen molar-refractivity contribution in [2.24, 2.45) is 11.7 Å². The molecule has 0 saturated carbocycles. The zero-order valence-corrected chi connectivity index (χ0v) is 9.88. The molecule has 0 aromatic heterocycles. The number of hydrogen-bond acceptors (Lipinski definition) is 4. The lowest BCUT2D eigenvalue weighted by atomic mass is 9.96. The van der Waals surface area contributed by atoms with E-state index in [4.69, 9.17) is 11.0 Å². The first-order valence-corrected chi connectivity index (χ1v) is 5.38. The Morgan fingerprint density at radius 1 is 1.53 bits per heavy atom. The topological polar surface area (TPSA) is 92.9 Å². The third-order valence-electron chi connectivity index (χ3n) is 2.71. The summed E-state index contributed by atoms with van der Waals surface area (Å²) in [4.78, 5) is 10.1. The molecule has 0 heterocycles. The molecule has 0 amide bonds. The van der Waals surface area contributed by atoms with Crippen molar-refractivity contribution in [1.82, 2.24) is 0 Å². The van der Waals surface area contributed by atoms with Gasteiger partial charge in [0.2, 0.25) is 0 Å². The zero-order chi connectivity index (χ0) is 13.0. The van der Waals surface area contributed by atoms with Crippen LogP contribution in [0.2, 0.25) is 0 Å². The minimum atomic E-state index is -0.551. The van der Waals surface area contributed by atoms with Gasteiger partial charge in [0.1, 0.15) is 11.6 Å². The normalized spacial score (nSPS) is 12.2. The van der Waals surface area contributed by atoms with E-state index in [-0.39, 0.29) is 17.3 Å². The van der Waals surface area contributed by atoms with Crippen LogP contribution in [-0.4, -0.2) is 11.0 Å². The maximum atomic E-state index is 10.7. The highest BCUT2D eigenvalue weighted by Gasteiger charge is 2.15. The molecule has 1 unspecified atom stereocenters. The quantitative estimate of drug-likeness (QED) is 0.635. The van der Waals surface area contributed by atoms with Gasteiger partial charge in [-0.05, 0) is 24.0 Å². The van der Waals surface area contributed by atoms with Gasteiger partial charge >= 0.3 is 0 Å². The molecule has 0 spiro atoms. The van der Waals surface area contributed by atoms with Crippen molar-refractivity contribution in [3.63, 3.8) is 0 Å². The molecule has 0 fully saturated rings. The van der Waals surface area contributed by atoms with Crippen LogP contribution in [-0.2, 0) is 6.42 Å². The molecule has 0 saturated heterocycles. The van der Waals surface area contributed by atoms with Crippen LogP contribution in [0.3, 0.4) is 0 Å². The number of hydrogen-bond donors (Lipinski definition) is 1. The van der Waals surface area contributed by atoms with E-state index in [1.54, 1.807) is 12.1 Å². The maximum Gasteiger partial charge on any atom is 0.287 e. The Morgan fingerprint density at radius 3 is 2.65 bits per heavy atom. The van der Waals surface area contributed by atoms with Crippen LogP contribution < -0.4 is 5.73 Å². The van der Waals surface area contributed by atoms with Crippen LogP contribution >= 0.6 is 0 Å². The van der Waals surface area contributed by atoms with E-state index < -0.39 is 4.92 Å². The summed E-state index contributed by atoms with van der Waals surface area (Å²) >= 11 is 0. The second-order valence-electron chi connectivity index (χ2n) is 4.33. The van der Waals surface area contributed by atoms with Gasteiger partial charge in [0.05, 0.1) is 4.92 Å². The molecule has 0 aliphatic rings. The highest BCUT2D eigenvalue weighted by atomic mass is 16.6.